The molecule has 0 saturated heterocycles. The van der Waals surface area contributed by atoms with E-state index in [2.05, 4.69) is 0 Å². The second-order valence-corrected chi connectivity index (χ2v) is 6.37. The van der Waals surface area contributed by atoms with E-state index in [0.717, 1.165) is 12.8 Å². The molecule has 2 rings (SSSR count). The largest absolute Gasteiger partial charge is 0.480 e. The molecule has 116 valence electrons. The van der Waals surface area contributed by atoms with Crippen molar-refractivity contribution in [2.45, 2.75) is 43.1 Å². The van der Waals surface area contributed by atoms with Gasteiger partial charge in [-0.25, -0.2) is 0 Å². The standard InChI is InChI=1S/C17H25NO3/c1-18(2)13-12-17(15(19)20,14-8-4-3-5-9-14)16(21)10-6-7-11-16/h3-5,8-9,21H,6-7,10-13H2,1-2H3,(H,19,20)/t17-/m0/s1. The van der Waals surface area contributed by atoms with Gasteiger partial charge >= 0.3 is 5.97 Å². The van der Waals surface area contributed by atoms with Gasteiger partial charge in [0, 0.05) is 0 Å². The van der Waals surface area contributed by atoms with E-state index in [0.29, 0.717) is 31.4 Å². The van der Waals surface area contributed by atoms with E-state index in [9.17, 15) is 15.0 Å². The van der Waals surface area contributed by atoms with Gasteiger partial charge in [0.25, 0.3) is 0 Å². The molecule has 0 aromatic heterocycles. The molecule has 4 heteroatoms. The third kappa shape index (κ3) is 2.83. The van der Waals surface area contributed by atoms with Crippen molar-refractivity contribution in [2.75, 3.05) is 20.6 Å². The fourth-order valence-corrected chi connectivity index (χ4v) is 3.58. The average molecular weight is 291 g/mol. The number of aliphatic carboxylic acids is 1. The Bertz CT molecular complexity index is 480. The zero-order valence-electron chi connectivity index (χ0n) is 12.9. The summed E-state index contributed by atoms with van der Waals surface area (Å²) >= 11 is 0. The first-order valence-corrected chi connectivity index (χ1v) is 7.58. The normalized spacial score (nSPS) is 20.4. The van der Waals surface area contributed by atoms with Gasteiger partial charge in [-0.05, 0) is 45.5 Å². The molecule has 0 spiro atoms. The minimum absolute atomic E-state index is 0.413. The van der Waals surface area contributed by atoms with Crippen LogP contribution in [0.2, 0.25) is 0 Å². The summed E-state index contributed by atoms with van der Waals surface area (Å²) in [5.41, 5.74) is -1.67. The fraction of sp³-hybridized carbons (Fsp3) is 0.588. The van der Waals surface area contributed by atoms with Crippen LogP contribution in [0, 0.1) is 0 Å². The summed E-state index contributed by atoms with van der Waals surface area (Å²) < 4.78 is 0. The Morgan fingerprint density at radius 3 is 2.29 bits per heavy atom. The Balaban J connectivity index is 2.51. The zero-order chi connectivity index (χ0) is 15.5. The quantitative estimate of drug-likeness (QED) is 0.844. The molecule has 1 aliphatic carbocycles. The van der Waals surface area contributed by atoms with Gasteiger partial charge in [-0.15, -0.1) is 0 Å². The van der Waals surface area contributed by atoms with Gasteiger partial charge in [0.1, 0.15) is 5.41 Å². The van der Waals surface area contributed by atoms with E-state index in [1.807, 2.05) is 49.3 Å². The maximum absolute atomic E-state index is 12.2. The lowest BCUT2D eigenvalue weighted by Crippen LogP contribution is -2.56. The van der Waals surface area contributed by atoms with Crippen LogP contribution in [0.25, 0.3) is 0 Å². The number of carbonyl (C=O) groups is 1. The molecule has 1 saturated carbocycles. The highest BCUT2D eigenvalue weighted by molar-refractivity contribution is 5.83. The lowest BCUT2D eigenvalue weighted by atomic mass is 9.64. The molecule has 0 heterocycles. The fourth-order valence-electron chi connectivity index (χ4n) is 3.58. The SMILES string of the molecule is CN(C)CC[C@@](C(=O)O)(c1ccccc1)C1(O)CCCC1. The van der Waals surface area contributed by atoms with E-state index in [1.54, 1.807) is 0 Å². The number of hydrogen-bond acceptors (Lipinski definition) is 3. The number of aliphatic hydroxyl groups is 1. The Morgan fingerprint density at radius 2 is 1.81 bits per heavy atom. The molecule has 2 N–H and O–H groups in total. The Morgan fingerprint density at radius 1 is 1.24 bits per heavy atom. The number of carboxylic acid groups (broad SMARTS) is 1. The van der Waals surface area contributed by atoms with Gasteiger partial charge in [-0.1, -0.05) is 43.2 Å². The predicted octanol–water partition coefficient (Wildman–Crippen LogP) is 2.27. The first kappa shape index (κ1) is 16.0. The molecule has 4 nitrogen and oxygen atoms in total. The van der Waals surface area contributed by atoms with Crippen LogP contribution in [0.15, 0.2) is 30.3 Å². The van der Waals surface area contributed by atoms with Gasteiger partial charge in [0.2, 0.25) is 0 Å². The third-order valence-corrected chi connectivity index (χ3v) is 4.79. The monoisotopic (exact) mass is 291 g/mol. The number of hydrogen-bond donors (Lipinski definition) is 2. The first-order chi connectivity index (χ1) is 9.92. The lowest BCUT2D eigenvalue weighted by molar-refractivity contribution is -0.158. The molecular weight excluding hydrogens is 266 g/mol. The highest BCUT2D eigenvalue weighted by Gasteiger charge is 2.57. The van der Waals surface area contributed by atoms with Crippen LogP contribution in [0.1, 0.15) is 37.7 Å². The van der Waals surface area contributed by atoms with E-state index in [1.165, 1.54) is 0 Å². The van der Waals surface area contributed by atoms with Gasteiger partial charge in [-0.2, -0.15) is 0 Å². The molecule has 0 bridgehead atoms. The molecule has 1 aliphatic rings. The topological polar surface area (TPSA) is 60.8 Å². The van der Waals surface area contributed by atoms with Crippen LogP contribution in [0.5, 0.6) is 0 Å². The zero-order valence-corrected chi connectivity index (χ0v) is 12.9. The number of carboxylic acids is 1. The predicted molar refractivity (Wildman–Crippen MR) is 82.3 cm³/mol. The molecule has 1 aromatic carbocycles. The summed E-state index contributed by atoms with van der Waals surface area (Å²) in [4.78, 5) is 14.2. The van der Waals surface area contributed by atoms with Crippen molar-refractivity contribution in [3.8, 4) is 0 Å². The van der Waals surface area contributed by atoms with E-state index in [4.69, 9.17) is 0 Å². The van der Waals surface area contributed by atoms with Gasteiger partial charge in [0.15, 0.2) is 0 Å². The lowest BCUT2D eigenvalue weighted by Gasteiger charge is -2.43. The summed E-state index contributed by atoms with van der Waals surface area (Å²) in [5.74, 6) is -0.917. The first-order valence-electron chi connectivity index (χ1n) is 7.58. The van der Waals surface area contributed by atoms with Crippen LogP contribution >= 0.6 is 0 Å². The van der Waals surface area contributed by atoms with Crippen molar-refractivity contribution in [1.29, 1.82) is 0 Å². The van der Waals surface area contributed by atoms with Crippen LogP contribution in [-0.2, 0) is 10.2 Å². The summed E-state index contributed by atoms with van der Waals surface area (Å²) in [7, 11) is 3.85. The summed E-state index contributed by atoms with van der Waals surface area (Å²) in [6.07, 6.45) is 3.31. The Labute approximate surface area is 126 Å². The third-order valence-electron chi connectivity index (χ3n) is 4.79. The molecule has 21 heavy (non-hydrogen) atoms. The summed E-state index contributed by atoms with van der Waals surface area (Å²) in [6, 6.07) is 9.24. The minimum atomic E-state index is -1.23. The molecule has 0 aliphatic heterocycles. The van der Waals surface area contributed by atoms with Crippen molar-refractivity contribution < 1.29 is 15.0 Å². The van der Waals surface area contributed by atoms with Crippen LogP contribution in [-0.4, -0.2) is 47.3 Å². The van der Waals surface area contributed by atoms with Crippen molar-refractivity contribution in [2.24, 2.45) is 0 Å². The maximum atomic E-state index is 12.2. The van der Waals surface area contributed by atoms with Crippen LogP contribution in [0.3, 0.4) is 0 Å². The maximum Gasteiger partial charge on any atom is 0.317 e. The van der Waals surface area contributed by atoms with E-state index in [-0.39, 0.29) is 0 Å². The molecular formula is C17H25NO3. The van der Waals surface area contributed by atoms with Crippen molar-refractivity contribution in [1.82, 2.24) is 4.90 Å². The van der Waals surface area contributed by atoms with Crippen LogP contribution in [0.4, 0.5) is 0 Å². The Hall–Kier alpha value is -1.39. The molecule has 1 fully saturated rings. The highest BCUT2D eigenvalue weighted by Crippen LogP contribution is 2.48. The van der Waals surface area contributed by atoms with Gasteiger partial charge < -0.3 is 15.1 Å². The molecule has 1 aromatic rings. The van der Waals surface area contributed by atoms with Crippen molar-refractivity contribution in [3.63, 3.8) is 0 Å². The number of rotatable bonds is 6. The van der Waals surface area contributed by atoms with Crippen molar-refractivity contribution >= 4 is 5.97 Å². The molecule has 0 radical (unpaired) electrons. The summed E-state index contributed by atoms with van der Waals surface area (Å²) in [5, 5.41) is 21.2. The number of nitrogens with zero attached hydrogens (tertiary/aromatic N) is 1. The molecule has 0 amide bonds. The number of benzene rings is 1. The van der Waals surface area contributed by atoms with Gasteiger partial charge in [0.05, 0.1) is 5.60 Å². The summed E-state index contributed by atoms with van der Waals surface area (Å²) in [6.45, 7) is 0.628. The van der Waals surface area contributed by atoms with E-state index >= 15 is 0 Å². The Kier molecular flexibility index (Phi) is 4.69. The highest BCUT2D eigenvalue weighted by atomic mass is 16.4. The molecule has 0 unspecified atom stereocenters. The smallest absolute Gasteiger partial charge is 0.317 e. The van der Waals surface area contributed by atoms with Crippen molar-refractivity contribution in [3.05, 3.63) is 35.9 Å². The second kappa shape index (κ2) is 6.16. The molecule has 1 atom stereocenters. The van der Waals surface area contributed by atoms with E-state index < -0.39 is 17.0 Å². The second-order valence-electron chi connectivity index (χ2n) is 6.37. The average Bonchev–Trinajstić information content (AvgIpc) is 2.88. The van der Waals surface area contributed by atoms with Gasteiger partial charge in [-0.3, -0.25) is 4.79 Å². The minimum Gasteiger partial charge on any atom is -0.480 e. The van der Waals surface area contributed by atoms with Crippen LogP contribution < -0.4 is 0 Å².